The Labute approximate surface area is 210 Å². The van der Waals surface area contributed by atoms with E-state index in [0.29, 0.717) is 17.5 Å². The molecule has 2 amide bonds. The number of anilines is 1. The van der Waals surface area contributed by atoms with Gasteiger partial charge in [-0.05, 0) is 61.7 Å². The largest absolute Gasteiger partial charge is 0.497 e. The normalized spacial score (nSPS) is 11.5. The lowest BCUT2D eigenvalue weighted by Gasteiger charge is -2.15. The van der Waals surface area contributed by atoms with Crippen molar-refractivity contribution in [3.05, 3.63) is 77.6 Å². The van der Waals surface area contributed by atoms with Crippen LogP contribution in [0.25, 0.3) is 0 Å². The molecule has 0 aliphatic heterocycles. The standard InChI is InChI=1S/C26H31N5O3S/c1-6-13-31-25(19(4)27-23(32)15-20-8-11-22(34-5)12-9-20)29-30-26(31)35-16-24(33)28-21-10-7-17(2)18(3)14-21/h6-12,14,19H,1,13,15-16H2,2-5H3,(H,27,32)(H,28,33)/t19-/m0/s1. The summed E-state index contributed by atoms with van der Waals surface area (Å²) in [5, 5.41) is 15.0. The van der Waals surface area contributed by atoms with Crippen LogP contribution >= 0.6 is 11.8 Å². The lowest BCUT2D eigenvalue weighted by Crippen LogP contribution is -2.30. The molecule has 0 bridgehead atoms. The first-order valence-electron chi connectivity index (χ1n) is 11.3. The van der Waals surface area contributed by atoms with Crippen molar-refractivity contribution >= 4 is 29.3 Å². The van der Waals surface area contributed by atoms with E-state index in [4.69, 9.17) is 4.74 Å². The molecule has 1 atom stereocenters. The minimum absolute atomic E-state index is 0.127. The highest BCUT2D eigenvalue weighted by molar-refractivity contribution is 7.99. The summed E-state index contributed by atoms with van der Waals surface area (Å²) in [6.07, 6.45) is 1.97. The van der Waals surface area contributed by atoms with Gasteiger partial charge in [-0.1, -0.05) is 36.0 Å². The lowest BCUT2D eigenvalue weighted by atomic mass is 10.1. The van der Waals surface area contributed by atoms with E-state index in [0.717, 1.165) is 22.6 Å². The van der Waals surface area contributed by atoms with Gasteiger partial charge in [0.2, 0.25) is 11.8 Å². The molecular weight excluding hydrogens is 462 g/mol. The summed E-state index contributed by atoms with van der Waals surface area (Å²) < 4.78 is 7.01. The van der Waals surface area contributed by atoms with Crippen LogP contribution in [0.5, 0.6) is 5.75 Å². The van der Waals surface area contributed by atoms with Gasteiger partial charge in [-0.15, -0.1) is 16.8 Å². The van der Waals surface area contributed by atoms with Crippen LogP contribution in [0.2, 0.25) is 0 Å². The highest BCUT2D eigenvalue weighted by atomic mass is 32.2. The van der Waals surface area contributed by atoms with Crippen LogP contribution in [0.15, 0.2) is 60.3 Å². The SMILES string of the molecule is C=CCn1c(SCC(=O)Nc2ccc(C)c(C)c2)nnc1[C@H](C)NC(=O)Cc1ccc(OC)cc1. The molecule has 0 saturated heterocycles. The summed E-state index contributed by atoms with van der Waals surface area (Å²) in [6.45, 7) is 10.2. The van der Waals surface area contributed by atoms with E-state index in [1.807, 2.05) is 67.8 Å². The maximum Gasteiger partial charge on any atom is 0.234 e. The van der Waals surface area contributed by atoms with Gasteiger partial charge in [0.15, 0.2) is 11.0 Å². The zero-order valence-corrected chi connectivity index (χ0v) is 21.3. The number of allylic oxidation sites excluding steroid dienone is 1. The monoisotopic (exact) mass is 493 g/mol. The third kappa shape index (κ3) is 7.19. The van der Waals surface area contributed by atoms with E-state index in [9.17, 15) is 9.59 Å². The van der Waals surface area contributed by atoms with Gasteiger partial charge >= 0.3 is 0 Å². The molecule has 2 N–H and O–H groups in total. The zero-order valence-electron chi connectivity index (χ0n) is 20.5. The molecule has 0 aliphatic rings. The Balaban J connectivity index is 1.60. The lowest BCUT2D eigenvalue weighted by molar-refractivity contribution is -0.121. The Morgan fingerprint density at radius 2 is 1.86 bits per heavy atom. The third-order valence-electron chi connectivity index (χ3n) is 5.47. The summed E-state index contributed by atoms with van der Waals surface area (Å²) >= 11 is 1.29. The predicted molar refractivity (Wildman–Crippen MR) is 139 cm³/mol. The number of carbonyl (C=O) groups is 2. The molecular formula is C26H31N5O3S. The second-order valence-electron chi connectivity index (χ2n) is 8.19. The molecule has 1 heterocycles. The Hall–Kier alpha value is -3.59. The second-order valence-corrected chi connectivity index (χ2v) is 9.13. The number of carbonyl (C=O) groups excluding carboxylic acids is 2. The molecule has 0 aliphatic carbocycles. The third-order valence-corrected chi connectivity index (χ3v) is 6.44. The second kappa shape index (κ2) is 12.2. The van der Waals surface area contributed by atoms with Crippen LogP contribution < -0.4 is 15.4 Å². The average molecular weight is 494 g/mol. The molecule has 1 aromatic heterocycles. The first-order chi connectivity index (χ1) is 16.8. The number of nitrogens with one attached hydrogen (secondary N) is 2. The van der Waals surface area contributed by atoms with E-state index < -0.39 is 0 Å². The van der Waals surface area contributed by atoms with E-state index in [2.05, 4.69) is 27.4 Å². The van der Waals surface area contributed by atoms with Gasteiger partial charge < -0.3 is 19.9 Å². The van der Waals surface area contributed by atoms with E-state index in [1.165, 1.54) is 17.3 Å². The number of hydrogen-bond donors (Lipinski definition) is 2. The van der Waals surface area contributed by atoms with Crippen LogP contribution in [0.4, 0.5) is 5.69 Å². The Bertz CT molecular complexity index is 1190. The van der Waals surface area contributed by atoms with Crippen LogP contribution in [-0.2, 0) is 22.6 Å². The summed E-state index contributed by atoms with van der Waals surface area (Å²) in [4.78, 5) is 25.1. The summed E-state index contributed by atoms with van der Waals surface area (Å²) in [5.41, 5.74) is 3.94. The molecule has 0 radical (unpaired) electrons. The topological polar surface area (TPSA) is 98.1 Å². The zero-order chi connectivity index (χ0) is 25.4. The van der Waals surface area contributed by atoms with Gasteiger partial charge in [-0.25, -0.2) is 0 Å². The number of hydrogen-bond acceptors (Lipinski definition) is 6. The van der Waals surface area contributed by atoms with Gasteiger partial charge in [0.25, 0.3) is 0 Å². The van der Waals surface area contributed by atoms with Crippen LogP contribution in [0.1, 0.15) is 35.5 Å². The average Bonchev–Trinajstić information content (AvgIpc) is 3.23. The van der Waals surface area contributed by atoms with Gasteiger partial charge in [0.05, 0.1) is 25.3 Å². The molecule has 0 spiro atoms. The number of ether oxygens (including phenoxy) is 1. The number of rotatable bonds is 11. The Kier molecular flexibility index (Phi) is 9.08. The number of aryl methyl sites for hydroxylation is 2. The molecule has 9 heteroatoms. The highest BCUT2D eigenvalue weighted by Crippen LogP contribution is 2.22. The molecule has 184 valence electrons. The Morgan fingerprint density at radius 3 is 2.51 bits per heavy atom. The van der Waals surface area contributed by atoms with Crippen LogP contribution in [-0.4, -0.2) is 39.4 Å². The molecule has 0 saturated carbocycles. The molecule has 2 aromatic carbocycles. The fourth-order valence-corrected chi connectivity index (χ4v) is 4.21. The fraction of sp³-hybridized carbons (Fsp3) is 0.308. The number of nitrogens with zero attached hydrogens (tertiary/aromatic N) is 3. The highest BCUT2D eigenvalue weighted by Gasteiger charge is 2.20. The van der Waals surface area contributed by atoms with Crippen molar-refractivity contribution < 1.29 is 14.3 Å². The van der Waals surface area contributed by atoms with Gasteiger partial charge in [0.1, 0.15) is 5.75 Å². The van der Waals surface area contributed by atoms with Gasteiger partial charge in [0, 0.05) is 12.2 Å². The van der Waals surface area contributed by atoms with Crippen molar-refractivity contribution in [2.45, 2.75) is 44.9 Å². The molecule has 35 heavy (non-hydrogen) atoms. The van der Waals surface area contributed by atoms with Crippen molar-refractivity contribution in [3.8, 4) is 5.75 Å². The maximum absolute atomic E-state index is 12.6. The maximum atomic E-state index is 12.6. The van der Waals surface area contributed by atoms with Crippen molar-refractivity contribution in [1.82, 2.24) is 20.1 Å². The minimum atomic E-state index is -0.369. The number of aromatic nitrogens is 3. The summed E-state index contributed by atoms with van der Waals surface area (Å²) in [7, 11) is 1.60. The molecule has 3 aromatic rings. The number of amides is 2. The van der Waals surface area contributed by atoms with E-state index >= 15 is 0 Å². The minimum Gasteiger partial charge on any atom is -0.497 e. The van der Waals surface area contributed by atoms with E-state index in [-0.39, 0.29) is 30.0 Å². The van der Waals surface area contributed by atoms with Crippen molar-refractivity contribution in [2.24, 2.45) is 0 Å². The number of methoxy groups -OCH3 is 1. The number of thioether (sulfide) groups is 1. The molecule has 0 fully saturated rings. The Morgan fingerprint density at radius 1 is 1.11 bits per heavy atom. The smallest absolute Gasteiger partial charge is 0.234 e. The fourth-order valence-electron chi connectivity index (χ4n) is 3.46. The van der Waals surface area contributed by atoms with Gasteiger partial charge in [-0.3, -0.25) is 9.59 Å². The number of benzene rings is 2. The van der Waals surface area contributed by atoms with Crippen LogP contribution in [0, 0.1) is 13.8 Å². The molecule has 3 rings (SSSR count). The predicted octanol–water partition coefficient (Wildman–Crippen LogP) is 4.24. The first-order valence-corrected chi connectivity index (χ1v) is 12.3. The molecule has 8 nitrogen and oxygen atoms in total. The summed E-state index contributed by atoms with van der Waals surface area (Å²) in [5.74, 6) is 1.27. The van der Waals surface area contributed by atoms with E-state index in [1.54, 1.807) is 13.2 Å². The van der Waals surface area contributed by atoms with Crippen LogP contribution in [0.3, 0.4) is 0 Å². The van der Waals surface area contributed by atoms with Gasteiger partial charge in [-0.2, -0.15) is 0 Å². The first kappa shape index (κ1) is 26.0. The quantitative estimate of drug-likeness (QED) is 0.306. The van der Waals surface area contributed by atoms with Crippen molar-refractivity contribution in [1.29, 1.82) is 0 Å². The van der Waals surface area contributed by atoms with Crippen molar-refractivity contribution in [2.75, 3.05) is 18.2 Å². The molecule has 0 unspecified atom stereocenters. The summed E-state index contributed by atoms with van der Waals surface area (Å²) in [6, 6.07) is 12.8. The van der Waals surface area contributed by atoms with Crippen molar-refractivity contribution in [3.63, 3.8) is 0 Å².